The van der Waals surface area contributed by atoms with E-state index >= 15 is 0 Å². The molecule has 0 amide bonds. The maximum absolute atomic E-state index is 5.47. The SMILES string of the molecule is Cc1cccnc1-c1nc(-c2ccccc2-c2noc(-c3ncccc3C)n2)no1. The van der Waals surface area contributed by atoms with Crippen LogP contribution in [-0.4, -0.2) is 30.2 Å². The lowest BCUT2D eigenvalue weighted by atomic mass is 10.1. The van der Waals surface area contributed by atoms with Crippen molar-refractivity contribution in [2.45, 2.75) is 13.8 Å². The highest BCUT2D eigenvalue weighted by atomic mass is 16.5. The predicted molar refractivity (Wildman–Crippen MR) is 109 cm³/mol. The standard InChI is InChI=1S/C22H16N6O2/c1-13-7-5-11-23-17(13)21-25-19(27-29-21)15-9-3-4-10-16(15)20-26-22(30-28-20)18-14(2)8-6-12-24-18/h3-12H,1-2H3. The molecule has 0 aliphatic carbocycles. The van der Waals surface area contributed by atoms with Gasteiger partial charge in [-0.05, 0) is 37.1 Å². The van der Waals surface area contributed by atoms with E-state index in [0.717, 1.165) is 22.3 Å². The Hall–Kier alpha value is -4.20. The Bertz CT molecular complexity index is 1240. The van der Waals surface area contributed by atoms with Crippen LogP contribution in [0.15, 0.2) is 70.0 Å². The Morgan fingerprint density at radius 2 is 1.07 bits per heavy atom. The van der Waals surface area contributed by atoms with Crippen LogP contribution in [0.4, 0.5) is 0 Å². The second kappa shape index (κ2) is 7.32. The van der Waals surface area contributed by atoms with Crippen LogP contribution in [0.25, 0.3) is 45.9 Å². The molecule has 0 unspecified atom stereocenters. The minimum absolute atomic E-state index is 0.357. The first-order valence-corrected chi connectivity index (χ1v) is 9.32. The molecular weight excluding hydrogens is 380 g/mol. The van der Waals surface area contributed by atoms with E-state index in [4.69, 9.17) is 9.05 Å². The van der Waals surface area contributed by atoms with Crippen LogP contribution in [0.1, 0.15) is 11.1 Å². The summed E-state index contributed by atoms with van der Waals surface area (Å²) in [6.07, 6.45) is 3.39. The van der Waals surface area contributed by atoms with Crippen LogP contribution in [0.3, 0.4) is 0 Å². The van der Waals surface area contributed by atoms with E-state index in [2.05, 4.69) is 30.2 Å². The highest BCUT2D eigenvalue weighted by Gasteiger charge is 2.20. The molecule has 5 rings (SSSR count). The van der Waals surface area contributed by atoms with E-state index in [0.29, 0.717) is 34.8 Å². The summed E-state index contributed by atoms with van der Waals surface area (Å²) in [7, 11) is 0. The number of hydrogen-bond acceptors (Lipinski definition) is 8. The first kappa shape index (κ1) is 17.9. The lowest BCUT2D eigenvalue weighted by Crippen LogP contribution is -1.91. The molecule has 5 aromatic rings. The van der Waals surface area contributed by atoms with Crippen molar-refractivity contribution in [3.63, 3.8) is 0 Å². The van der Waals surface area contributed by atoms with Gasteiger partial charge >= 0.3 is 0 Å². The van der Waals surface area contributed by atoms with E-state index in [1.54, 1.807) is 12.4 Å². The summed E-state index contributed by atoms with van der Waals surface area (Å²) < 4.78 is 10.9. The third-order valence-corrected chi connectivity index (χ3v) is 4.68. The number of pyridine rings is 2. The molecule has 146 valence electrons. The number of benzene rings is 1. The van der Waals surface area contributed by atoms with Crippen LogP contribution in [0.5, 0.6) is 0 Å². The minimum atomic E-state index is 0.357. The summed E-state index contributed by atoms with van der Waals surface area (Å²) in [5.74, 6) is 1.56. The molecule has 0 atom stereocenters. The summed E-state index contributed by atoms with van der Waals surface area (Å²) in [5.41, 5.74) is 4.67. The van der Waals surface area contributed by atoms with E-state index in [-0.39, 0.29) is 0 Å². The molecule has 0 bridgehead atoms. The van der Waals surface area contributed by atoms with Crippen molar-refractivity contribution in [1.29, 1.82) is 0 Å². The number of nitrogens with zero attached hydrogens (tertiary/aromatic N) is 6. The second-order valence-electron chi connectivity index (χ2n) is 6.73. The van der Waals surface area contributed by atoms with E-state index in [1.165, 1.54) is 0 Å². The van der Waals surface area contributed by atoms with E-state index < -0.39 is 0 Å². The molecule has 0 aliphatic heterocycles. The summed E-state index contributed by atoms with van der Waals surface area (Å²) in [5, 5.41) is 8.29. The van der Waals surface area contributed by atoms with Gasteiger partial charge in [-0.2, -0.15) is 9.97 Å². The van der Waals surface area contributed by atoms with Crippen molar-refractivity contribution in [2.24, 2.45) is 0 Å². The second-order valence-corrected chi connectivity index (χ2v) is 6.73. The smallest absolute Gasteiger partial charge is 0.277 e. The van der Waals surface area contributed by atoms with Gasteiger partial charge in [0, 0.05) is 23.5 Å². The lowest BCUT2D eigenvalue weighted by Gasteiger charge is -2.01. The summed E-state index contributed by atoms with van der Waals surface area (Å²) in [4.78, 5) is 17.8. The Kier molecular flexibility index (Phi) is 4.36. The Morgan fingerprint density at radius 3 is 1.50 bits per heavy atom. The average molecular weight is 396 g/mol. The zero-order chi connectivity index (χ0) is 20.5. The van der Waals surface area contributed by atoms with Gasteiger partial charge in [-0.3, -0.25) is 9.97 Å². The van der Waals surface area contributed by atoms with Crippen LogP contribution in [-0.2, 0) is 0 Å². The fraction of sp³-hybridized carbons (Fsp3) is 0.0909. The fourth-order valence-electron chi connectivity index (χ4n) is 3.15. The van der Waals surface area contributed by atoms with Gasteiger partial charge in [0.1, 0.15) is 11.4 Å². The van der Waals surface area contributed by atoms with Crippen LogP contribution in [0.2, 0.25) is 0 Å². The quantitative estimate of drug-likeness (QED) is 0.436. The summed E-state index contributed by atoms with van der Waals surface area (Å²) in [6, 6.07) is 15.2. The highest BCUT2D eigenvalue weighted by Crippen LogP contribution is 2.31. The van der Waals surface area contributed by atoms with Gasteiger partial charge in [-0.15, -0.1) is 0 Å². The molecule has 4 heterocycles. The van der Waals surface area contributed by atoms with Crippen molar-refractivity contribution >= 4 is 0 Å². The highest BCUT2D eigenvalue weighted by molar-refractivity contribution is 5.77. The van der Waals surface area contributed by atoms with Gasteiger partial charge in [0.15, 0.2) is 0 Å². The first-order chi connectivity index (χ1) is 14.7. The number of rotatable bonds is 4. The molecule has 8 heteroatoms. The lowest BCUT2D eigenvalue weighted by molar-refractivity contribution is 0.430. The predicted octanol–water partition coefficient (Wildman–Crippen LogP) is 4.53. The Labute approximate surface area is 171 Å². The van der Waals surface area contributed by atoms with Crippen molar-refractivity contribution in [3.8, 4) is 45.9 Å². The van der Waals surface area contributed by atoms with Crippen LogP contribution >= 0.6 is 0 Å². The van der Waals surface area contributed by atoms with E-state index in [1.807, 2.05) is 62.4 Å². The zero-order valence-corrected chi connectivity index (χ0v) is 16.3. The molecule has 1 aromatic carbocycles. The molecule has 30 heavy (non-hydrogen) atoms. The topological polar surface area (TPSA) is 104 Å². The third kappa shape index (κ3) is 3.14. The molecule has 0 aliphatic rings. The van der Waals surface area contributed by atoms with E-state index in [9.17, 15) is 0 Å². The van der Waals surface area contributed by atoms with Crippen LogP contribution in [0, 0.1) is 13.8 Å². The summed E-state index contributed by atoms with van der Waals surface area (Å²) in [6.45, 7) is 3.89. The minimum Gasteiger partial charge on any atom is -0.332 e. The van der Waals surface area contributed by atoms with Crippen molar-refractivity contribution in [1.82, 2.24) is 30.2 Å². The van der Waals surface area contributed by atoms with Gasteiger partial charge < -0.3 is 9.05 Å². The van der Waals surface area contributed by atoms with Gasteiger partial charge in [0.2, 0.25) is 11.6 Å². The molecule has 0 N–H and O–H groups in total. The molecule has 0 fully saturated rings. The van der Waals surface area contributed by atoms with Crippen molar-refractivity contribution in [2.75, 3.05) is 0 Å². The van der Waals surface area contributed by atoms with Gasteiger partial charge in [-0.1, -0.05) is 46.7 Å². The average Bonchev–Trinajstić information content (AvgIpc) is 3.45. The molecule has 0 radical (unpaired) electrons. The maximum Gasteiger partial charge on any atom is 0.277 e. The molecule has 8 nitrogen and oxygen atoms in total. The van der Waals surface area contributed by atoms with Gasteiger partial charge in [-0.25, -0.2) is 0 Å². The molecule has 0 saturated heterocycles. The number of aromatic nitrogens is 6. The Morgan fingerprint density at radius 1 is 0.600 bits per heavy atom. The van der Waals surface area contributed by atoms with Gasteiger partial charge in [0.25, 0.3) is 11.8 Å². The largest absolute Gasteiger partial charge is 0.332 e. The monoisotopic (exact) mass is 396 g/mol. The molecular formula is C22H16N6O2. The first-order valence-electron chi connectivity index (χ1n) is 9.32. The van der Waals surface area contributed by atoms with Crippen LogP contribution < -0.4 is 0 Å². The summed E-state index contributed by atoms with van der Waals surface area (Å²) >= 11 is 0. The molecule has 0 saturated carbocycles. The van der Waals surface area contributed by atoms with Crippen molar-refractivity contribution < 1.29 is 9.05 Å². The zero-order valence-electron chi connectivity index (χ0n) is 16.3. The normalized spacial score (nSPS) is 11.0. The number of hydrogen-bond donors (Lipinski definition) is 0. The Balaban J connectivity index is 1.55. The molecule has 0 spiro atoms. The maximum atomic E-state index is 5.47. The third-order valence-electron chi connectivity index (χ3n) is 4.68. The molecule has 4 aromatic heterocycles. The van der Waals surface area contributed by atoms with Crippen molar-refractivity contribution in [3.05, 3.63) is 72.1 Å². The van der Waals surface area contributed by atoms with Gasteiger partial charge in [0.05, 0.1) is 0 Å². The number of aryl methyl sites for hydroxylation is 2. The fourth-order valence-corrected chi connectivity index (χ4v) is 3.15.